The van der Waals surface area contributed by atoms with E-state index in [1.807, 2.05) is 0 Å². The number of ether oxygens (including phenoxy) is 1. The molecule has 0 aromatic heterocycles. The van der Waals surface area contributed by atoms with E-state index >= 15 is 0 Å². The first-order chi connectivity index (χ1) is 9.20. The van der Waals surface area contributed by atoms with Crippen molar-refractivity contribution in [3.8, 4) is 0 Å². The van der Waals surface area contributed by atoms with Crippen LogP contribution >= 0.6 is 0 Å². The van der Waals surface area contributed by atoms with Crippen molar-refractivity contribution in [1.82, 2.24) is 10.4 Å². The van der Waals surface area contributed by atoms with Gasteiger partial charge < -0.3 is 10.5 Å². The van der Waals surface area contributed by atoms with E-state index in [4.69, 9.17) is 10.5 Å². The fraction of sp³-hybridized carbons (Fsp3) is 0.600. The van der Waals surface area contributed by atoms with Gasteiger partial charge in [0.05, 0.1) is 19.3 Å². The summed E-state index contributed by atoms with van der Waals surface area (Å²) in [4.78, 5) is 0. The van der Waals surface area contributed by atoms with Crippen molar-refractivity contribution in [2.24, 2.45) is 5.73 Å². The normalized spacial score (nSPS) is 18.7. The molecule has 3 N–H and O–H groups in total. The molecule has 19 heavy (non-hydrogen) atoms. The van der Waals surface area contributed by atoms with E-state index < -0.39 is 0 Å². The van der Waals surface area contributed by atoms with Crippen molar-refractivity contribution < 1.29 is 4.74 Å². The second-order valence-electron chi connectivity index (χ2n) is 5.34. The van der Waals surface area contributed by atoms with E-state index in [0.29, 0.717) is 12.5 Å². The lowest BCUT2D eigenvalue weighted by Gasteiger charge is -2.31. The van der Waals surface area contributed by atoms with Gasteiger partial charge in [-0.05, 0) is 17.0 Å². The Morgan fingerprint density at radius 1 is 1.16 bits per heavy atom. The molecule has 1 atom stereocenters. The van der Waals surface area contributed by atoms with Gasteiger partial charge in [-0.15, -0.1) is 0 Å². The maximum absolute atomic E-state index is 5.90. The quantitative estimate of drug-likeness (QED) is 0.848. The van der Waals surface area contributed by atoms with E-state index in [1.165, 1.54) is 11.1 Å². The number of hydrogen-bond donors (Lipinski definition) is 2. The number of hydrogen-bond acceptors (Lipinski definition) is 4. The van der Waals surface area contributed by atoms with Crippen molar-refractivity contribution in [1.29, 1.82) is 0 Å². The van der Waals surface area contributed by atoms with Crippen LogP contribution in [0.25, 0.3) is 0 Å². The molecule has 0 saturated carbocycles. The SMILES string of the molecule is CC(C)c1ccc(C(CN)NN2CCOCC2)cc1. The molecule has 1 aliphatic heterocycles. The van der Waals surface area contributed by atoms with Crippen molar-refractivity contribution in [3.05, 3.63) is 35.4 Å². The van der Waals surface area contributed by atoms with Crippen molar-refractivity contribution in [2.75, 3.05) is 32.8 Å². The number of nitrogens with one attached hydrogen (secondary N) is 1. The summed E-state index contributed by atoms with van der Waals surface area (Å²) >= 11 is 0. The number of nitrogens with two attached hydrogens (primary N) is 1. The molecule has 0 spiro atoms. The summed E-state index contributed by atoms with van der Waals surface area (Å²) in [5.41, 5.74) is 12.0. The first-order valence-electron chi connectivity index (χ1n) is 7.09. The van der Waals surface area contributed by atoms with Crippen LogP contribution in [-0.2, 0) is 4.74 Å². The Morgan fingerprint density at radius 2 is 1.74 bits per heavy atom. The third-order valence-corrected chi connectivity index (χ3v) is 3.59. The molecule has 4 heteroatoms. The van der Waals surface area contributed by atoms with Gasteiger partial charge in [0.1, 0.15) is 0 Å². The Kier molecular flexibility index (Phi) is 5.34. The highest BCUT2D eigenvalue weighted by Crippen LogP contribution is 2.18. The van der Waals surface area contributed by atoms with Gasteiger partial charge in [-0.25, -0.2) is 10.4 Å². The van der Waals surface area contributed by atoms with Crippen molar-refractivity contribution in [2.45, 2.75) is 25.8 Å². The van der Waals surface area contributed by atoms with Gasteiger partial charge in [0.25, 0.3) is 0 Å². The van der Waals surface area contributed by atoms with E-state index in [0.717, 1.165) is 26.3 Å². The molecule has 0 aliphatic carbocycles. The lowest BCUT2D eigenvalue weighted by atomic mass is 9.99. The Bertz CT molecular complexity index is 371. The molecule has 1 saturated heterocycles. The zero-order valence-electron chi connectivity index (χ0n) is 11.9. The smallest absolute Gasteiger partial charge is 0.0608 e. The summed E-state index contributed by atoms with van der Waals surface area (Å²) in [5.74, 6) is 0.567. The number of benzene rings is 1. The monoisotopic (exact) mass is 263 g/mol. The largest absolute Gasteiger partial charge is 0.379 e. The average molecular weight is 263 g/mol. The van der Waals surface area contributed by atoms with Crippen molar-refractivity contribution in [3.63, 3.8) is 0 Å². The van der Waals surface area contributed by atoms with Crippen LogP contribution in [0.3, 0.4) is 0 Å². The summed E-state index contributed by atoms with van der Waals surface area (Å²) in [6, 6.07) is 8.94. The molecule has 1 fully saturated rings. The maximum Gasteiger partial charge on any atom is 0.0608 e. The molecule has 1 unspecified atom stereocenters. The first-order valence-corrected chi connectivity index (χ1v) is 7.09. The minimum atomic E-state index is 0.180. The van der Waals surface area contributed by atoms with E-state index in [1.54, 1.807) is 0 Å². The molecule has 0 bridgehead atoms. The standard InChI is InChI=1S/C15H25N3O/c1-12(2)13-3-5-14(6-4-13)15(11-16)17-18-7-9-19-10-8-18/h3-6,12,15,17H,7-11,16H2,1-2H3. The number of nitrogens with zero attached hydrogens (tertiary/aromatic N) is 1. The molecule has 4 nitrogen and oxygen atoms in total. The molecule has 2 rings (SSSR count). The third-order valence-electron chi connectivity index (χ3n) is 3.59. The average Bonchev–Trinajstić information content (AvgIpc) is 2.46. The van der Waals surface area contributed by atoms with Crippen LogP contribution in [0.2, 0.25) is 0 Å². The van der Waals surface area contributed by atoms with Gasteiger partial charge in [0, 0.05) is 19.6 Å². The third kappa shape index (κ3) is 4.01. The highest BCUT2D eigenvalue weighted by atomic mass is 16.5. The molecule has 0 amide bonds. The summed E-state index contributed by atoms with van der Waals surface area (Å²) in [6.45, 7) is 8.43. The molecule has 106 valence electrons. The van der Waals surface area contributed by atoms with Gasteiger partial charge in [0.15, 0.2) is 0 Å². The fourth-order valence-electron chi connectivity index (χ4n) is 2.29. The molecule has 0 radical (unpaired) electrons. The minimum Gasteiger partial charge on any atom is -0.379 e. The topological polar surface area (TPSA) is 50.5 Å². The van der Waals surface area contributed by atoms with Crippen molar-refractivity contribution >= 4 is 0 Å². The summed E-state index contributed by atoms with van der Waals surface area (Å²) < 4.78 is 5.35. The molecular formula is C15H25N3O. The highest BCUT2D eigenvalue weighted by Gasteiger charge is 2.16. The van der Waals surface area contributed by atoms with E-state index in [-0.39, 0.29) is 6.04 Å². The maximum atomic E-state index is 5.90. The van der Waals surface area contributed by atoms with Gasteiger partial charge in [-0.1, -0.05) is 38.1 Å². The van der Waals surface area contributed by atoms with Gasteiger partial charge in [0.2, 0.25) is 0 Å². The van der Waals surface area contributed by atoms with E-state index in [9.17, 15) is 0 Å². The molecule has 1 aromatic rings. The van der Waals surface area contributed by atoms with Crippen LogP contribution in [0.1, 0.15) is 36.9 Å². The van der Waals surface area contributed by atoms with Gasteiger partial charge >= 0.3 is 0 Å². The molecule has 1 aliphatic rings. The van der Waals surface area contributed by atoms with Crippen LogP contribution in [0, 0.1) is 0 Å². The van der Waals surface area contributed by atoms with Crippen LogP contribution in [0.5, 0.6) is 0 Å². The Labute approximate surface area is 115 Å². The molecular weight excluding hydrogens is 238 g/mol. The van der Waals surface area contributed by atoms with Gasteiger partial charge in [-0.2, -0.15) is 0 Å². The van der Waals surface area contributed by atoms with Crippen LogP contribution < -0.4 is 11.2 Å². The Morgan fingerprint density at radius 3 is 2.26 bits per heavy atom. The lowest BCUT2D eigenvalue weighted by Crippen LogP contribution is -2.48. The van der Waals surface area contributed by atoms with Gasteiger partial charge in [-0.3, -0.25) is 0 Å². The predicted octanol–water partition coefficient (Wildman–Crippen LogP) is 1.65. The van der Waals surface area contributed by atoms with E-state index in [2.05, 4.69) is 48.5 Å². The summed E-state index contributed by atoms with van der Waals surface area (Å²) in [7, 11) is 0. The van der Waals surface area contributed by atoms with Crippen LogP contribution in [0.15, 0.2) is 24.3 Å². The Balaban J connectivity index is 1.99. The minimum absolute atomic E-state index is 0.180. The second kappa shape index (κ2) is 7.01. The van der Waals surface area contributed by atoms with Crippen LogP contribution in [-0.4, -0.2) is 37.9 Å². The number of morpholine rings is 1. The zero-order valence-corrected chi connectivity index (χ0v) is 11.9. The second-order valence-corrected chi connectivity index (χ2v) is 5.34. The number of hydrazine groups is 1. The number of rotatable bonds is 5. The molecule has 1 heterocycles. The Hall–Kier alpha value is -0.940. The van der Waals surface area contributed by atoms with Crippen LogP contribution in [0.4, 0.5) is 0 Å². The summed E-state index contributed by atoms with van der Waals surface area (Å²) in [5, 5.41) is 2.21. The fourth-order valence-corrected chi connectivity index (χ4v) is 2.29. The first kappa shape index (κ1) is 14.5. The predicted molar refractivity (Wildman–Crippen MR) is 77.9 cm³/mol. The zero-order chi connectivity index (χ0) is 13.7. The summed E-state index contributed by atoms with van der Waals surface area (Å²) in [6.07, 6.45) is 0. The highest BCUT2D eigenvalue weighted by molar-refractivity contribution is 5.27. The lowest BCUT2D eigenvalue weighted by molar-refractivity contribution is 0.00405. The molecule has 1 aromatic carbocycles.